The largest absolute Gasteiger partial charge is 0.487 e. The van der Waals surface area contributed by atoms with Crippen LogP contribution in [0.1, 0.15) is 50.2 Å². The lowest BCUT2D eigenvalue weighted by molar-refractivity contribution is -0.117. The standard InChI is InChI=1S/C23H25N3O2/c1-16(11-17(2)27)18-3-6-20(7-4-18)28-21-13-26(14-21)22-8-5-19(12-25-22)23(15-24)9-10-23/h3-8,12,16,21H,9-11,13-14H2,1-2H3/t16-/m1/s1. The van der Waals surface area contributed by atoms with Gasteiger partial charge in [-0.25, -0.2) is 4.98 Å². The first-order valence-corrected chi connectivity index (χ1v) is 9.88. The Labute approximate surface area is 166 Å². The van der Waals surface area contributed by atoms with Crippen molar-refractivity contribution in [3.63, 3.8) is 0 Å². The Kier molecular flexibility index (Phi) is 4.80. The molecule has 28 heavy (non-hydrogen) atoms. The summed E-state index contributed by atoms with van der Waals surface area (Å²) >= 11 is 0. The predicted molar refractivity (Wildman–Crippen MR) is 108 cm³/mol. The van der Waals surface area contributed by atoms with E-state index in [2.05, 4.69) is 22.9 Å². The highest BCUT2D eigenvalue weighted by Crippen LogP contribution is 2.47. The maximum atomic E-state index is 11.3. The van der Waals surface area contributed by atoms with Crippen molar-refractivity contribution in [3.8, 4) is 11.8 Å². The quantitative estimate of drug-likeness (QED) is 0.732. The Morgan fingerprint density at radius 2 is 2.00 bits per heavy atom. The van der Waals surface area contributed by atoms with E-state index in [1.54, 1.807) is 6.92 Å². The molecule has 2 aliphatic rings. The van der Waals surface area contributed by atoms with Gasteiger partial charge in [-0.2, -0.15) is 5.26 Å². The number of pyridine rings is 1. The Balaban J connectivity index is 1.29. The number of Topliss-reactive ketones (excluding diaryl/α,β-unsaturated/α-hetero) is 1. The third kappa shape index (κ3) is 3.73. The van der Waals surface area contributed by atoms with Crippen molar-refractivity contribution in [2.45, 2.75) is 50.5 Å². The van der Waals surface area contributed by atoms with Crippen LogP contribution in [0.25, 0.3) is 0 Å². The van der Waals surface area contributed by atoms with E-state index in [4.69, 9.17) is 4.74 Å². The van der Waals surface area contributed by atoms with Crippen LogP contribution in [0.3, 0.4) is 0 Å². The van der Waals surface area contributed by atoms with Gasteiger partial charge in [0.05, 0.1) is 24.6 Å². The molecule has 0 radical (unpaired) electrons. The van der Waals surface area contributed by atoms with E-state index in [1.165, 1.54) is 0 Å². The fourth-order valence-electron chi connectivity index (χ4n) is 3.76. The lowest BCUT2D eigenvalue weighted by Gasteiger charge is -2.39. The first-order valence-electron chi connectivity index (χ1n) is 9.88. The maximum Gasteiger partial charge on any atom is 0.134 e. The smallest absolute Gasteiger partial charge is 0.134 e. The zero-order valence-corrected chi connectivity index (χ0v) is 16.4. The Morgan fingerprint density at radius 1 is 1.29 bits per heavy atom. The third-order valence-corrected chi connectivity index (χ3v) is 5.78. The average molecular weight is 375 g/mol. The molecule has 2 fully saturated rings. The van der Waals surface area contributed by atoms with Gasteiger partial charge in [0, 0.05) is 12.6 Å². The van der Waals surface area contributed by atoms with Crippen LogP contribution in [0.2, 0.25) is 0 Å². The molecule has 1 aromatic heterocycles. The molecule has 1 aromatic carbocycles. The number of carbonyl (C=O) groups excluding carboxylic acids is 1. The van der Waals surface area contributed by atoms with Gasteiger partial charge < -0.3 is 14.4 Å². The zero-order chi connectivity index (χ0) is 19.7. The summed E-state index contributed by atoms with van der Waals surface area (Å²) in [5.74, 6) is 2.24. The number of benzene rings is 1. The summed E-state index contributed by atoms with van der Waals surface area (Å²) < 4.78 is 6.04. The van der Waals surface area contributed by atoms with Crippen LogP contribution >= 0.6 is 0 Å². The molecule has 4 rings (SSSR count). The summed E-state index contributed by atoms with van der Waals surface area (Å²) in [7, 11) is 0. The molecule has 0 spiro atoms. The van der Waals surface area contributed by atoms with E-state index in [1.807, 2.05) is 42.6 Å². The first-order chi connectivity index (χ1) is 13.5. The number of hydrogen-bond donors (Lipinski definition) is 0. The number of rotatable bonds is 7. The van der Waals surface area contributed by atoms with Gasteiger partial charge in [0.1, 0.15) is 23.5 Å². The molecule has 1 aliphatic carbocycles. The lowest BCUT2D eigenvalue weighted by atomic mass is 9.96. The molecule has 1 aliphatic heterocycles. The fraction of sp³-hybridized carbons (Fsp3) is 0.435. The van der Waals surface area contributed by atoms with Crippen molar-refractivity contribution < 1.29 is 9.53 Å². The van der Waals surface area contributed by atoms with Crippen LogP contribution < -0.4 is 9.64 Å². The summed E-state index contributed by atoms with van der Waals surface area (Å²) in [6, 6.07) is 14.5. The SMILES string of the molecule is CC(=O)C[C@@H](C)c1ccc(OC2CN(c3ccc(C4(C#N)CC4)cn3)C2)cc1. The highest BCUT2D eigenvalue weighted by molar-refractivity contribution is 5.76. The van der Waals surface area contributed by atoms with Gasteiger partial charge in [-0.1, -0.05) is 25.1 Å². The molecule has 1 saturated heterocycles. The summed E-state index contributed by atoms with van der Waals surface area (Å²) in [5, 5.41) is 9.29. The van der Waals surface area contributed by atoms with Gasteiger partial charge in [-0.15, -0.1) is 0 Å². The highest BCUT2D eigenvalue weighted by Gasteiger charge is 2.45. The van der Waals surface area contributed by atoms with Gasteiger partial charge >= 0.3 is 0 Å². The molecular formula is C23H25N3O2. The highest BCUT2D eigenvalue weighted by atomic mass is 16.5. The van der Waals surface area contributed by atoms with Gasteiger partial charge in [0.25, 0.3) is 0 Å². The van der Waals surface area contributed by atoms with Crippen molar-refractivity contribution in [1.82, 2.24) is 4.98 Å². The number of nitrogens with zero attached hydrogens (tertiary/aromatic N) is 3. The molecule has 0 bridgehead atoms. The minimum atomic E-state index is -0.278. The first kappa shape index (κ1) is 18.5. The van der Waals surface area contributed by atoms with E-state index in [-0.39, 0.29) is 23.2 Å². The maximum absolute atomic E-state index is 11.3. The van der Waals surface area contributed by atoms with Gasteiger partial charge in [-0.05, 0) is 55.0 Å². The molecule has 1 atom stereocenters. The monoisotopic (exact) mass is 375 g/mol. The second-order valence-corrected chi connectivity index (χ2v) is 8.12. The van der Waals surface area contributed by atoms with Crippen molar-refractivity contribution in [2.24, 2.45) is 0 Å². The number of nitriles is 1. The van der Waals surface area contributed by atoms with Crippen molar-refractivity contribution >= 4 is 11.6 Å². The molecule has 1 saturated carbocycles. The molecule has 0 unspecified atom stereocenters. The number of ether oxygens (including phenoxy) is 1. The second-order valence-electron chi connectivity index (χ2n) is 8.12. The molecule has 5 heteroatoms. The van der Waals surface area contributed by atoms with Crippen molar-refractivity contribution in [2.75, 3.05) is 18.0 Å². The average Bonchev–Trinajstić information content (AvgIpc) is 3.46. The van der Waals surface area contributed by atoms with E-state index in [0.717, 1.165) is 48.6 Å². The Hall–Kier alpha value is -2.87. The molecular weight excluding hydrogens is 350 g/mol. The van der Waals surface area contributed by atoms with E-state index >= 15 is 0 Å². The van der Waals surface area contributed by atoms with Gasteiger partial charge in [0.2, 0.25) is 0 Å². The number of anilines is 1. The Bertz CT molecular complexity index is 889. The van der Waals surface area contributed by atoms with Gasteiger partial charge in [-0.3, -0.25) is 0 Å². The van der Waals surface area contributed by atoms with E-state index in [9.17, 15) is 10.1 Å². The van der Waals surface area contributed by atoms with Crippen LogP contribution in [0.5, 0.6) is 5.75 Å². The summed E-state index contributed by atoms with van der Waals surface area (Å²) in [4.78, 5) is 18.0. The number of ketones is 1. The summed E-state index contributed by atoms with van der Waals surface area (Å²) in [6.07, 6.45) is 4.45. The van der Waals surface area contributed by atoms with Crippen molar-refractivity contribution in [3.05, 3.63) is 53.7 Å². The lowest BCUT2D eigenvalue weighted by Crippen LogP contribution is -2.54. The third-order valence-electron chi connectivity index (χ3n) is 5.78. The molecule has 2 heterocycles. The minimum absolute atomic E-state index is 0.149. The summed E-state index contributed by atoms with van der Waals surface area (Å²) in [6.45, 7) is 5.31. The molecule has 5 nitrogen and oxygen atoms in total. The van der Waals surface area contributed by atoms with Gasteiger partial charge in [0.15, 0.2) is 0 Å². The second kappa shape index (κ2) is 7.27. The minimum Gasteiger partial charge on any atom is -0.487 e. The molecule has 144 valence electrons. The molecule has 0 N–H and O–H groups in total. The number of carbonyl (C=O) groups is 1. The van der Waals surface area contributed by atoms with Crippen LogP contribution in [0.4, 0.5) is 5.82 Å². The number of aromatic nitrogens is 1. The fourth-order valence-corrected chi connectivity index (χ4v) is 3.76. The molecule has 0 amide bonds. The zero-order valence-electron chi connectivity index (χ0n) is 16.4. The summed E-state index contributed by atoms with van der Waals surface area (Å²) in [5.41, 5.74) is 1.92. The van der Waals surface area contributed by atoms with Crippen molar-refractivity contribution in [1.29, 1.82) is 5.26 Å². The molecule has 2 aromatic rings. The van der Waals surface area contributed by atoms with Crippen LogP contribution in [-0.4, -0.2) is 30.0 Å². The predicted octanol–water partition coefficient (Wildman–Crippen LogP) is 3.99. The number of hydrogen-bond acceptors (Lipinski definition) is 5. The van der Waals surface area contributed by atoms with Crippen LogP contribution in [-0.2, 0) is 10.2 Å². The topological polar surface area (TPSA) is 66.2 Å². The van der Waals surface area contributed by atoms with Crippen LogP contribution in [0, 0.1) is 11.3 Å². The normalized spacial score (nSPS) is 18.7. The van der Waals surface area contributed by atoms with E-state index in [0.29, 0.717) is 6.42 Å². The Morgan fingerprint density at radius 3 is 2.54 bits per heavy atom. The van der Waals surface area contributed by atoms with E-state index < -0.39 is 0 Å². The van der Waals surface area contributed by atoms with Crippen LogP contribution in [0.15, 0.2) is 42.6 Å².